The molecule has 2 aromatic rings. The van der Waals surface area contributed by atoms with Crippen LogP contribution in [0.3, 0.4) is 0 Å². The van der Waals surface area contributed by atoms with E-state index in [4.69, 9.17) is 4.74 Å². The molecule has 3 rings (SSSR count). The van der Waals surface area contributed by atoms with Gasteiger partial charge in [0.2, 0.25) is 10.0 Å². The van der Waals surface area contributed by atoms with Crippen LogP contribution in [0.1, 0.15) is 20.4 Å². The SMILES string of the molecule is Cc1nc(C)c(C(=O)Nc2cccc(S(=O)(=O)N3CCOCC3)c2)s1. The van der Waals surface area contributed by atoms with E-state index in [0.29, 0.717) is 42.6 Å². The number of anilines is 1. The summed E-state index contributed by atoms with van der Waals surface area (Å²) >= 11 is 1.31. The number of amides is 1. The standard InChI is InChI=1S/C16H19N3O4S2/c1-11-15(24-12(2)17-11)16(20)18-13-4-3-5-14(10-13)25(21,22)19-6-8-23-9-7-19/h3-5,10H,6-9H2,1-2H3,(H,18,20). The highest BCUT2D eigenvalue weighted by Gasteiger charge is 2.26. The van der Waals surface area contributed by atoms with Gasteiger partial charge in [0, 0.05) is 18.8 Å². The first-order valence-corrected chi connectivity index (χ1v) is 10.1. The van der Waals surface area contributed by atoms with E-state index in [9.17, 15) is 13.2 Å². The third kappa shape index (κ3) is 3.90. The average Bonchev–Trinajstić information content (AvgIpc) is 2.94. The van der Waals surface area contributed by atoms with Gasteiger partial charge in [-0.3, -0.25) is 4.79 Å². The molecule has 0 aliphatic carbocycles. The van der Waals surface area contributed by atoms with Crippen molar-refractivity contribution in [1.29, 1.82) is 0 Å². The van der Waals surface area contributed by atoms with Gasteiger partial charge >= 0.3 is 0 Å². The first-order valence-electron chi connectivity index (χ1n) is 7.81. The monoisotopic (exact) mass is 381 g/mol. The van der Waals surface area contributed by atoms with E-state index in [2.05, 4.69) is 10.3 Å². The summed E-state index contributed by atoms with van der Waals surface area (Å²) in [7, 11) is -3.60. The fraction of sp³-hybridized carbons (Fsp3) is 0.375. The molecule has 0 atom stereocenters. The Kier molecular flexibility index (Phi) is 5.19. The van der Waals surface area contributed by atoms with Crippen molar-refractivity contribution in [3.05, 3.63) is 39.8 Å². The number of ether oxygens (including phenoxy) is 1. The summed E-state index contributed by atoms with van der Waals surface area (Å²) in [4.78, 5) is 17.3. The molecule has 0 saturated carbocycles. The number of hydrogen-bond donors (Lipinski definition) is 1. The maximum atomic E-state index is 12.7. The van der Waals surface area contributed by atoms with Gasteiger partial charge in [0.25, 0.3) is 5.91 Å². The van der Waals surface area contributed by atoms with Crippen molar-refractivity contribution in [2.24, 2.45) is 0 Å². The van der Waals surface area contributed by atoms with Crippen LogP contribution in [0.4, 0.5) is 5.69 Å². The molecule has 0 radical (unpaired) electrons. The molecule has 25 heavy (non-hydrogen) atoms. The fourth-order valence-electron chi connectivity index (χ4n) is 2.60. The molecule has 1 aromatic heterocycles. The van der Waals surface area contributed by atoms with Gasteiger partial charge < -0.3 is 10.1 Å². The number of morpholine rings is 1. The van der Waals surface area contributed by atoms with Gasteiger partial charge in [0.15, 0.2) is 0 Å². The maximum Gasteiger partial charge on any atom is 0.267 e. The van der Waals surface area contributed by atoms with E-state index in [0.717, 1.165) is 5.01 Å². The van der Waals surface area contributed by atoms with E-state index >= 15 is 0 Å². The summed E-state index contributed by atoms with van der Waals surface area (Å²) in [5.41, 5.74) is 1.10. The fourth-order valence-corrected chi connectivity index (χ4v) is 4.87. The Morgan fingerprint density at radius 1 is 1.28 bits per heavy atom. The number of hydrogen-bond acceptors (Lipinski definition) is 6. The van der Waals surface area contributed by atoms with Crippen LogP contribution in [0.5, 0.6) is 0 Å². The molecule has 9 heteroatoms. The zero-order valence-corrected chi connectivity index (χ0v) is 15.6. The van der Waals surface area contributed by atoms with Gasteiger partial charge in [-0.2, -0.15) is 4.31 Å². The molecule has 1 aliphatic rings. The molecule has 0 spiro atoms. The van der Waals surface area contributed by atoms with Crippen LogP contribution in [0.25, 0.3) is 0 Å². The Labute approximate surface area is 150 Å². The lowest BCUT2D eigenvalue weighted by atomic mass is 10.3. The van der Waals surface area contributed by atoms with E-state index in [1.165, 1.54) is 27.8 Å². The first-order chi connectivity index (χ1) is 11.9. The Hall–Kier alpha value is -1.81. The molecular formula is C16H19N3O4S2. The average molecular weight is 381 g/mol. The maximum absolute atomic E-state index is 12.7. The van der Waals surface area contributed by atoms with Crippen LogP contribution in [0.2, 0.25) is 0 Å². The summed E-state index contributed by atoms with van der Waals surface area (Å²) in [6, 6.07) is 6.29. The number of nitrogens with one attached hydrogen (secondary N) is 1. The Bertz CT molecular complexity index is 887. The lowest BCUT2D eigenvalue weighted by Crippen LogP contribution is -2.40. The van der Waals surface area contributed by atoms with Crippen molar-refractivity contribution >= 4 is 33.0 Å². The number of aryl methyl sites for hydroxylation is 2. The topological polar surface area (TPSA) is 88.6 Å². The molecule has 1 saturated heterocycles. The lowest BCUT2D eigenvalue weighted by molar-refractivity contribution is 0.0730. The molecule has 7 nitrogen and oxygen atoms in total. The molecule has 0 bridgehead atoms. The van der Waals surface area contributed by atoms with Crippen LogP contribution >= 0.6 is 11.3 Å². The van der Waals surface area contributed by atoms with Gasteiger partial charge in [-0.25, -0.2) is 13.4 Å². The lowest BCUT2D eigenvalue weighted by Gasteiger charge is -2.26. The van der Waals surface area contributed by atoms with Crippen LogP contribution in [0, 0.1) is 13.8 Å². The van der Waals surface area contributed by atoms with Crippen LogP contribution < -0.4 is 5.32 Å². The van der Waals surface area contributed by atoms with Gasteiger partial charge in [0.1, 0.15) is 4.88 Å². The summed E-state index contributed by atoms with van der Waals surface area (Å²) in [5.74, 6) is -0.288. The van der Waals surface area contributed by atoms with Crippen molar-refractivity contribution in [2.45, 2.75) is 18.7 Å². The van der Waals surface area contributed by atoms with Crippen molar-refractivity contribution < 1.29 is 17.9 Å². The third-order valence-corrected chi connectivity index (χ3v) is 6.78. The van der Waals surface area contributed by atoms with E-state index < -0.39 is 10.0 Å². The highest BCUT2D eigenvalue weighted by molar-refractivity contribution is 7.89. The second-order valence-corrected chi connectivity index (χ2v) is 8.79. The Morgan fingerprint density at radius 3 is 2.64 bits per heavy atom. The Morgan fingerprint density at radius 2 is 2.00 bits per heavy atom. The van der Waals surface area contributed by atoms with Gasteiger partial charge in [-0.15, -0.1) is 11.3 Å². The number of benzene rings is 1. The van der Waals surface area contributed by atoms with Crippen LogP contribution in [-0.2, 0) is 14.8 Å². The molecule has 134 valence electrons. The molecule has 2 heterocycles. The van der Waals surface area contributed by atoms with Gasteiger partial charge in [-0.05, 0) is 32.0 Å². The van der Waals surface area contributed by atoms with Crippen molar-refractivity contribution in [2.75, 3.05) is 31.6 Å². The molecular weight excluding hydrogens is 362 g/mol. The number of aromatic nitrogens is 1. The second-order valence-electron chi connectivity index (χ2n) is 5.65. The smallest absolute Gasteiger partial charge is 0.267 e. The van der Waals surface area contributed by atoms with Crippen LogP contribution in [-0.4, -0.2) is 49.9 Å². The molecule has 1 aliphatic heterocycles. The number of sulfonamides is 1. The molecule has 1 aromatic carbocycles. The zero-order chi connectivity index (χ0) is 18.0. The number of carbonyl (C=O) groups is 1. The molecule has 1 fully saturated rings. The normalized spacial score (nSPS) is 15.9. The number of thiazole rings is 1. The predicted octanol–water partition coefficient (Wildman–Crippen LogP) is 2.03. The Balaban J connectivity index is 1.81. The van der Waals surface area contributed by atoms with Crippen LogP contribution in [0.15, 0.2) is 29.2 Å². The summed E-state index contributed by atoms with van der Waals surface area (Å²) in [6.07, 6.45) is 0. The molecule has 0 unspecified atom stereocenters. The zero-order valence-electron chi connectivity index (χ0n) is 14.0. The largest absolute Gasteiger partial charge is 0.379 e. The second kappa shape index (κ2) is 7.20. The van der Waals surface area contributed by atoms with E-state index in [-0.39, 0.29) is 10.8 Å². The van der Waals surface area contributed by atoms with E-state index in [1.807, 2.05) is 6.92 Å². The molecule has 1 N–H and O–H groups in total. The van der Waals surface area contributed by atoms with Gasteiger partial charge in [-0.1, -0.05) is 6.07 Å². The third-order valence-electron chi connectivity index (χ3n) is 3.81. The summed E-state index contributed by atoms with van der Waals surface area (Å²) in [5, 5.41) is 3.56. The summed E-state index contributed by atoms with van der Waals surface area (Å²) in [6.45, 7) is 5.05. The highest BCUT2D eigenvalue weighted by atomic mass is 32.2. The quantitative estimate of drug-likeness (QED) is 0.875. The van der Waals surface area contributed by atoms with Crippen molar-refractivity contribution in [3.8, 4) is 0 Å². The minimum Gasteiger partial charge on any atom is -0.379 e. The van der Waals surface area contributed by atoms with Gasteiger partial charge in [0.05, 0.1) is 28.8 Å². The first kappa shape index (κ1) is 18.0. The number of nitrogens with zero attached hydrogens (tertiary/aromatic N) is 2. The van der Waals surface area contributed by atoms with E-state index in [1.54, 1.807) is 19.1 Å². The van der Waals surface area contributed by atoms with Crippen molar-refractivity contribution in [3.63, 3.8) is 0 Å². The minimum atomic E-state index is -3.60. The number of carbonyl (C=O) groups excluding carboxylic acids is 1. The number of rotatable bonds is 4. The van der Waals surface area contributed by atoms with Crippen molar-refractivity contribution in [1.82, 2.24) is 9.29 Å². The molecule has 1 amide bonds. The predicted molar refractivity (Wildman–Crippen MR) is 95.6 cm³/mol. The minimum absolute atomic E-state index is 0.157. The summed E-state index contributed by atoms with van der Waals surface area (Å²) < 4.78 is 32.0. The highest BCUT2D eigenvalue weighted by Crippen LogP contribution is 2.23.